The highest BCUT2D eigenvalue weighted by Crippen LogP contribution is 2.24. The maximum absolute atomic E-state index is 13.0. The fraction of sp³-hybridized carbons (Fsp3) is 0.143. The van der Waals surface area contributed by atoms with Crippen LogP contribution in [0.1, 0.15) is 5.56 Å². The molecule has 2 aromatic rings. The second-order valence-electron chi connectivity index (χ2n) is 4.35. The van der Waals surface area contributed by atoms with Gasteiger partial charge in [0.2, 0.25) is 10.0 Å². The topological polar surface area (TPSA) is 46.2 Å². The van der Waals surface area contributed by atoms with E-state index in [1.165, 1.54) is 24.3 Å². The monoisotopic (exact) mass is 391 g/mol. The van der Waals surface area contributed by atoms with Gasteiger partial charge in [0, 0.05) is 11.0 Å². The first-order valence-corrected chi connectivity index (χ1v) is 8.73. The van der Waals surface area contributed by atoms with Crippen molar-refractivity contribution in [1.82, 2.24) is 4.72 Å². The van der Waals surface area contributed by atoms with Gasteiger partial charge in [-0.1, -0.05) is 39.7 Å². The number of hydrogen-bond donors (Lipinski definition) is 1. The summed E-state index contributed by atoms with van der Waals surface area (Å²) >= 11 is 9.15. The van der Waals surface area contributed by atoms with Gasteiger partial charge in [0.25, 0.3) is 0 Å². The third-order valence-electron chi connectivity index (χ3n) is 2.78. The van der Waals surface area contributed by atoms with Gasteiger partial charge in [0.05, 0.1) is 5.02 Å². The van der Waals surface area contributed by atoms with Gasteiger partial charge >= 0.3 is 0 Å². The molecule has 0 aromatic heterocycles. The summed E-state index contributed by atoms with van der Waals surface area (Å²) in [6.45, 7) is 0.165. The Balaban J connectivity index is 2.05. The summed E-state index contributed by atoms with van der Waals surface area (Å²) in [5.74, 6) is -0.341. The van der Waals surface area contributed by atoms with Crippen LogP contribution in [0.15, 0.2) is 51.8 Å². The third kappa shape index (κ3) is 4.51. The molecule has 0 saturated heterocycles. The van der Waals surface area contributed by atoms with Gasteiger partial charge in [-0.05, 0) is 42.3 Å². The van der Waals surface area contributed by atoms with Crippen LogP contribution in [0.25, 0.3) is 0 Å². The van der Waals surface area contributed by atoms with E-state index in [0.717, 1.165) is 5.56 Å². The number of halogens is 3. The van der Waals surface area contributed by atoms with Crippen molar-refractivity contribution in [1.29, 1.82) is 0 Å². The van der Waals surface area contributed by atoms with Crippen molar-refractivity contribution < 1.29 is 12.8 Å². The lowest BCUT2D eigenvalue weighted by atomic mass is 10.1. The Bertz CT molecular complexity index is 752. The summed E-state index contributed by atoms with van der Waals surface area (Å²) in [5, 5.41) is 0.141. The molecule has 21 heavy (non-hydrogen) atoms. The van der Waals surface area contributed by atoms with Crippen molar-refractivity contribution >= 4 is 37.6 Å². The fourth-order valence-corrected chi connectivity index (χ4v) is 3.86. The van der Waals surface area contributed by atoms with Gasteiger partial charge in [0.1, 0.15) is 10.7 Å². The Hall–Kier alpha value is -0.950. The minimum atomic E-state index is -3.68. The third-order valence-corrected chi connectivity index (χ3v) is 5.22. The largest absolute Gasteiger partial charge is 0.242 e. The normalized spacial score (nSPS) is 11.6. The molecule has 0 unspecified atom stereocenters. The van der Waals surface area contributed by atoms with Crippen molar-refractivity contribution in [2.24, 2.45) is 0 Å². The Kier molecular flexibility index (Phi) is 5.37. The van der Waals surface area contributed by atoms with Crippen molar-refractivity contribution in [3.63, 3.8) is 0 Å². The number of sulfonamides is 1. The summed E-state index contributed by atoms with van der Waals surface area (Å²) in [6.07, 6.45) is 0.394. The molecule has 0 aliphatic carbocycles. The van der Waals surface area contributed by atoms with Crippen LogP contribution in [0.2, 0.25) is 5.02 Å². The maximum Gasteiger partial charge on any atom is 0.242 e. The van der Waals surface area contributed by atoms with Gasteiger partial charge in [-0.25, -0.2) is 17.5 Å². The average molecular weight is 393 g/mol. The van der Waals surface area contributed by atoms with Crippen molar-refractivity contribution in [3.05, 3.63) is 63.3 Å². The minimum Gasteiger partial charge on any atom is -0.211 e. The van der Waals surface area contributed by atoms with Crippen LogP contribution in [0, 0.1) is 5.82 Å². The molecular formula is C14H12BrClFNO2S. The second-order valence-corrected chi connectivity index (χ2v) is 7.41. The molecule has 0 bridgehead atoms. The Labute approximate surface area is 136 Å². The molecule has 3 nitrogen and oxygen atoms in total. The van der Waals surface area contributed by atoms with E-state index in [-0.39, 0.29) is 22.3 Å². The molecule has 2 aromatic carbocycles. The first-order valence-electron chi connectivity index (χ1n) is 6.08. The summed E-state index contributed by atoms with van der Waals surface area (Å²) < 4.78 is 40.5. The average Bonchev–Trinajstić information content (AvgIpc) is 2.38. The first kappa shape index (κ1) is 16.4. The van der Waals surface area contributed by atoms with Crippen LogP contribution in [-0.4, -0.2) is 15.0 Å². The van der Waals surface area contributed by atoms with E-state index >= 15 is 0 Å². The molecule has 0 spiro atoms. The van der Waals surface area contributed by atoms with E-state index in [9.17, 15) is 12.8 Å². The number of benzene rings is 2. The molecule has 0 atom stereocenters. The first-order chi connectivity index (χ1) is 9.88. The van der Waals surface area contributed by atoms with Gasteiger partial charge < -0.3 is 0 Å². The van der Waals surface area contributed by atoms with Gasteiger partial charge in [-0.15, -0.1) is 0 Å². The van der Waals surface area contributed by atoms with E-state index in [1.54, 1.807) is 18.2 Å². The number of hydrogen-bond acceptors (Lipinski definition) is 2. The molecule has 0 fully saturated rings. The minimum absolute atomic E-state index is 0.0200. The van der Waals surface area contributed by atoms with E-state index < -0.39 is 10.0 Å². The quantitative estimate of drug-likeness (QED) is 0.842. The Morgan fingerprint density at radius 3 is 2.62 bits per heavy atom. The van der Waals surface area contributed by atoms with Gasteiger partial charge in [-0.3, -0.25) is 0 Å². The predicted octanol–water partition coefficient (Wildman–Crippen LogP) is 3.76. The smallest absolute Gasteiger partial charge is 0.211 e. The van der Waals surface area contributed by atoms with E-state index in [0.29, 0.717) is 10.9 Å². The molecule has 0 radical (unpaired) electrons. The van der Waals surface area contributed by atoms with Crippen LogP contribution >= 0.6 is 27.5 Å². The highest BCUT2D eigenvalue weighted by molar-refractivity contribution is 9.10. The van der Waals surface area contributed by atoms with Crippen molar-refractivity contribution in [3.8, 4) is 0 Å². The molecule has 0 amide bonds. The zero-order valence-corrected chi connectivity index (χ0v) is 14.0. The maximum atomic E-state index is 13.0. The van der Waals surface area contributed by atoms with Crippen LogP contribution in [-0.2, 0) is 16.4 Å². The highest BCUT2D eigenvalue weighted by atomic mass is 79.9. The van der Waals surface area contributed by atoms with Crippen LogP contribution in [0.4, 0.5) is 4.39 Å². The van der Waals surface area contributed by atoms with E-state index in [4.69, 9.17) is 11.6 Å². The number of nitrogens with one attached hydrogen (secondary N) is 1. The van der Waals surface area contributed by atoms with E-state index in [1.807, 2.05) is 0 Å². The summed E-state index contributed by atoms with van der Waals surface area (Å²) in [5.41, 5.74) is 0.722. The van der Waals surface area contributed by atoms with E-state index in [2.05, 4.69) is 20.7 Å². The summed E-state index contributed by atoms with van der Waals surface area (Å²) in [6, 6.07) is 10.6. The molecular weight excluding hydrogens is 381 g/mol. The molecule has 112 valence electrons. The zero-order chi connectivity index (χ0) is 15.5. The summed E-state index contributed by atoms with van der Waals surface area (Å²) in [4.78, 5) is 0.0200. The van der Waals surface area contributed by atoms with Crippen LogP contribution in [0.5, 0.6) is 0 Å². The predicted molar refractivity (Wildman–Crippen MR) is 84.4 cm³/mol. The lowest BCUT2D eigenvalue weighted by Crippen LogP contribution is -2.26. The SMILES string of the molecule is O=S(=O)(NCCc1cccc(F)c1)c1ccc(Br)cc1Cl. The molecule has 0 heterocycles. The second kappa shape index (κ2) is 6.87. The van der Waals surface area contributed by atoms with Crippen LogP contribution in [0.3, 0.4) is 0 Å². The number of rotatable bonds is 5. The molecule has 0 aliphatic rings. The van der Waals surface area contributed by atoms with Crippen molar-refractivity contribution in [2.75, 3.05) is 6.54 Å². The molecule has 0 saturated carbocycles. The van der Waals surface area contributed by atoms with Gasteiger partial charge in [-0.2, -0.15) is 0 Å². The molecule has 7 heteroatoms. The lowest BCUT2D eigenvalue weighted by molar-refractivity contribution is 0.581. The zero-order valence-electron chi connectivity index (χ0n) is 10.8. The molecule has 2 rings (SSSR count). The fourth-order valence-electron chi connectivity index (χ4n) is 1.79. The standard InChI is InChI=1S/C14H12BrClFNO2S/c15-11-4-5-14(13(16)9-11)21(19,20)18-7-6-10-2-1-3-12(17)8-10/h1-5,8-9,18H,6-7H2. The Morgan fingerprint density at radius 2 is 1.95 bits per heavy atom. The lowest BCUT2D eigenvalue weighted by Gasteiger charge is -2.08. The highest BCUT2D eigenvalue weighted by Gasteiger charge is 2.17. The Morgan fingerprint density at radius 1 is 1.19 bits per heavy atom. The van der Waals surface area contributed by atoms with Crippen LogP contribution < -0.4 is 4.72 Å². The molecule has 1 N–H and O–H groups in total. The molecule has 0 aliphatic heterocycles. The van der Waals surface area contributed by atoms with Gasteiger partial charge in [0.15, 0.2) is 0 Å². The summed E-state index contributed by atoms with van der Waals surface area (Å²) in [7, 11) is -3.68. The van der Waals surface area contributed by atoms with Crippen molar-refractivity contribution in [2.45, 2.75) is 11.3 Å².